The average molecular weight is 302 g/mol. The molecule has 7 heteroatoms. The van der Waals surface area contributed by atoms with Crippen LogP contribution in [-0.4, -0.2) is 36.1 Å². The van der Waals surface area contributed by atoms with E-state index < -0.39 is 10.0 Å². The molecule has 0 amide bonds. The number of hydrogen-bond donors (Lipinski definition) is 2. The quantitative estimate of drug-likeness (QED) is 0.852. The summed E-state index contributed by atoms with van der Waals surface area (Å²) in [6, 6.07) is 2.98. The van der Waals surface area contributed by atoms with E-state index in [2.05, 4.69) is 9.71 Å². The van der Waals surface area contributed by atoms with Gasteiger partial charge in [0.1, 0.15) is 0 Å². The van der Waals surface area contributed by atoms with E-state index in [0.717, 1.165) is 12.2 Å². The highest BCUT2D eigenvalue weighted by Crippen LogP contribution is 2.24. The third-order valence-electron chi connectivity index (χ3n) is 3.03. The molecule has 0 bridgehead atoms. The van der Waals surface area contributed by atoms with E-state index in [9.17, 15) is 8.42 Å². The minimum absolute atomic E-state index is 0.00510. The second kappa shape index (κ2) is 6.69. The van der Waals surface area contributed by atoms with Gasteiger partial charge in [-0.05, 0) is 30.2 Å². The molecule has 2 rings (SSSR count). The molecule has 2 heterocycles. The van der Waals surface area contributed by atoms with Crippen molar-refractivity contribution in [3.63, 3.8) is 0 Å². The number of pyridine rings is 1. The second-order valence-corrected chi connectivity index (χ2v) is 7.63. The Morgan fingerprint density at radius 3 is 2.84 bits per heavy atom. The van der Waals surface area contributed by atoms with E-state index in [4.69, 9.17) is 5.11 Å². The zero-order valence-electron chi connectivity index (χ0n) is 10.6. The Bertz CT molecular complexity index is 496. The molecule has 106 valence electrons. The summed E-state index contributed by atoms with van der Waals surface area (Å²) in [7, 11) is -3.54. The smallest absolute Gasteiger partial charge is 0.258 e. The fourth-order valence-electron chi connectivity index (χ4n) is 1.91. The highest BCUT2D eigenvalue weighted by atomic mass is 32.2. The van der Waals surface area contributed by atoms with Gasteiger partial charge in [0.2, 0.25) is 0 Å². The number of sulfonamides is 1. The van der Waals surface area contributed by atoms with Gasteiger partial charge in [0, 0.05) is 18.0 Å². The number of aliphatic hydroxyl groups is 1. The van der Waals surface area contributed by atoms with Gasteiger partial charge in [-0.25, -0.2) is 18.1 Å². The first-order valence-corrected chi connectivity index (χ1v) is 8.82. The molecule has 0 aromatic carbocycles. The third-order valence-corrected chi connectivity index (χ3v) is 5.77. The van der Waals surface area contributed by atoms with E-state index >= 15 is 0 Å². The van der Waals surface area contributed by atoms with E-state index in [1.54, 1.807) is 6.07 Å². The fraction of sp³-hybridized carbons (Fsp3) is 0.583. The lowest BCUT2D eigenvalue weighted by Crippen LogP contribution is -2.32. The van der Waals surface area contributed by atoms with Crippen LogP contribution in [0.1, 0.15) is 24.8 Å². The minimum atomic E-state index is -3.54. The Kier molecular flexibility index (Phi) is 5.20. The monoisotopic (exact) mass is 302 g/mol. The van der Waals surface area contributed by atoms with Crippen molar-refractivity contribution in [1.29, 1.82) is 0 Å². The SMILES string of the molecule is O=S(=O)(NCC1CCCCS1)c1ccc(CO)cn1. The van der Waals surface area contributed by atoms with Crippen molar-refractivity contribution in [3.05, 3.63) is 23.9 Å². The molecule has 1 aliphatic rings. The van der Waals surface area contributed by atoms with Crippen LogP contribution < -0.4 is 4.72 Å². The normalized spacial score (nSPS) is 20.4. The third kappa shape index (κ3) is 4.17. The standard InChI is InChI=1S/C12H18N2O3S2/c15-9-10-4-5-12(13-7-10)19(16,17)14-8-11-3-1-2-6-18-11/h4-5,7,11,14-15H,1-3,6,8-9H2. The Morgan fingerprint density at radius 2 is 2.26 bits per heavy atom. The largest absolute Gasteiger partial charge is 0.392 e. The summed E-state index contributed by atoms with van der Waals surface area (Å²) in [5.41, 5.74) is 0.599. The highest BCUT2D eigenvalue weighted by Gasteiger charge is 2.19. The molecule has 0 aliphatic carbocycles. The summed E-state index contributed by atoms with van der Waals surface area (Å²) in [6.45, 7) is 0.315. The number of hydrogen-bond acceptors (Lipinski definition) is 5. The van der Waals surface area contributed by atoms with Crippen LogP contribution in [0.3, 0.4) is 0 Å². The predicted molar refractivity (Wildman–Crippen MR) is 75.4 cm³/mol. The van der Waals surface area contributed by atoms with Gasteiger partial charge in [-0.3, -0.25) is 0 Å². The molecule has 0 spiro atoms. The van der Waals surface area contributed by atoms with Crippen molar-refractivity contribution in [1.82, 2.24) is 9.71 Å². The summed E-state index contributed by atoms with van der Waals surface area (Å²) in [6.07, 6.45) is 4.83. The van der Waals surface area contributed by atoms with Gasteiger partial charge in [0.05, 0.1) is 6.61 Å². The summed E-state index contributed by atoms with van der Waals surface area (Å²) < 4.78 is 26.7. The van der Waals surface area contributed by atoms with Crippen LogP contribution in [0, 0.1) is 0 Å². The van der Waals surface area contributed by atoms with E-state index in [1.165, 1.54) is 25.1 Å². The first-order valence-electron chi connectivity index (χ1n) is 6.29. The van der Waals surface area contributed by atoms with Crippen molar-refractivity contribution in [2.75, 3.05) is 12.3 Å². The van der Waals surface area contributed by atoms with Crippen LogP contribution in [0.25, 0.3) is 0 Å². The molecule has 5 nitrogen and oxygen atoms in total. The van der Waals surface area contributed by atoms with Gasteiger partial charge in [-0.15, -0.1) is 0 Å². The van der Waals surface area contributed by atoms with Gasteiger partial charge in [0.15, 0.2) is 5.03 Å². The Balaban J connectivity index is 1.96. The van der Waals surface area contributed by atoms with E-state index in [1.807, 2.05) is 11.8 Å². The number of aliphatic hydroxyl groups excluding tert-OH is 1. The number of thioether (sulfide) groups is 1. The molecule has 1 fully saturated rings. The molecular formula is C12H18N2O3S2. The summed E-state index contributed by atoms with van der Waals surface area (Å²) in [5.74, 6) is 1.11. The molecule has 1 aromatic heterocycles. The maximum atomic E-state index is 12.0. The lowest BCUT2D eigenvalue weighted by Gasteiger charge is -2.21. The van der Waals surface area contributed by atoms with Crippen molar-refractivity contribution >= 4 is 21.8 Å². The van der Waals surface area contributed by atoms with E-state index in [-0.39, 0.29) is 11.6 Å². The Labute approximate surface area is 117 Å². The van der Waals surface area contributed by atoms with E-state index in [0.29, 0.717) is 17.4 Å². The van der Waals surface area contributed by atoms with Crippen LogP contribution in [0.15, 0.2) is 23.4 Å². The number of nitrogens with one attached hydrogen (secondary N) is 1. The lowest BCUT2D eigenvalue weighted by molar-refractivity contribution is 0.281. The zero-order chi connectivity index (χ0) is 13.7. The Hall–Kier alpha value is -0.630. The van der Waals surface area contributed by atoms with Gasteiger partial charge >= 0.3 is 0 Å². The second-order valence-electron chi connectivity index (χ2n) is 4.50. The van der Waals surface area contributed by atoms with Crippen molar-refractivity contribution in [2.24, 2.45) is 0 Å². The molecule has 0 saturated carbocycles. The highest BCUT2D eigenvalue weighted by molar-refractivity contribution is 8.00. The summed E-state index contributed by atoms with van der Waals surface area (Å²) in [5, 5.41) is 9.26. The fourth-order valence-corrected chi connectivity index (χ4v) is 4.26. The molecule has 1 unspecified atom stereocenters. The molecule has 0 radical (unpaired) electrons. The first kappa shape index (κ1) is 14.8. The first-order chi connectivity index (χ1) is 9.12. The van der Waals surface area contributed by atoms with Crippen molar-refractivity contribution < 1.29 is 13.5 Å². The summed E-state index contributed by atoms with van der Waals surface area (Å²) >= 11 is 1.82. The zero-order valence-corrected chi connectivity index (χ0v) is 12.2. The molecule has 19 heavy (non-hydrogen) atoms. The minimum Gasteiger partial charge on any atom is -0.392 e. The molecule has 1 saturated heterocycles. The maximum absolute atomic E-state index is 12.0. The number of nitrogens with zero attached hydrogens (tertiary/aromatic N) is 1. The molecule has 1 atom stereocenters. The van der Waals surface area contributed by atoms with Gasteiger partial charge in [0.25, 0.3) is 10.0 Å². The number of aromatic nitrogens is 1. The molecule has 1 aliphatic heterocycles. The maximum Gasteiger partial charge on any atom is 0.258 e. The molecule has 1 aromatic rings. The predicted octanol–water partition coefficient (Wildman–Crippen LogP) is 1.14. The van der Waals surface area contributed by atoms with Crippen LogP contribution in [0.4, 0.5) is 0 Å². The Morgan fingerprint density at radius 1 is 1.42 bits per heavy atom. The topological polar surface area (TPSA) is 79.3 Å². The van der Waals surface area contributed by atoms with Crippen LogP contribution in [0.2, 0.25) is 0 Å². The molecule has 2 N–H and O–H groups in total. The lowest BCUT2D eigenvalue weighted by atomic mass is 10.2. The van der Waals surface area contributed by atoms with Crippen LogP contribution in [-0.2, 0) is 16.6 Å². The average Bonchev–Trinajstić information content (AvgIpc) is 2.46. The summed E-state index contributed by atoms with van der Waals surface area (Å²) in [4.78, 5) is 3.87. The van der Waals surface area contributed by atoms with Crippen LogP contribution >= 0.6 is 11.8 Å². The van der Waals surface area contributed by atoms with Gasteiger partial charge in [-0.1, -0.05) is 12.5 Å². The van der Waals surface area contributed by atoms with Crippen molar-refractivity contribution in [2.45, 2.75) is 36.1 Å². The van der Waals surface area contributed by atoms with Gasteiger partial charge in [-0.2, -0.15) is 11.8 Å². The van der Waals surface area contributed by atoms with Gasteiger partial charge < -0.3 is 5.11 Å². The van der Waals surface area contributed by atoms with Crippen molar-refractivity contribution in [3.8, 4) is 0 Å². The molecular weight excluding hydrogens is 284 g/mol. The number of rotatable bonds is 5. The van der Waals surface area contributed by atoms with Crippen LogP contribution in [0.5, 0.6) is 0 Å².